The van der Waals surface area contributed by atoms with E-state index in [9.17, 15) is 23.1 Å². The first kappa shape index (κ1) is 36.8. The molecule has 2 aromatic carbocycles. The van der Waals surface area contributed by atoms with Gasteiger partial charge in [-0.15, -0.1) is 0 Å². The molecule has 1 aliphatic rings. The lowest BCUT2D eigenvalue weighted by molar-refractivity contribution is -0.131. The molecule has 1 aromatic heterocycles. The Morgan fingerprint density at radius 2 is 1.85 bits per heavy atom. The summed E-state index contributed by atoms with van der Waals surface area (Å²) in [6, 6.07) is 12.4. The normalized spacial score (nSPS) is 16.7. The Bertz CT molecular complexity index is 1780. The van der Waals surface area contributed by atoms with Gasteiger partial charge < -0.3 is 19.7 Å². The largest absolute Gasteiger partial charge is 0.390 e. The van der Waals surface area contributed by atoms with Gasteiger partial charge in [-0.2, -0.15) is 0 Å². The molecule has 0 unspecified atom stereocenters. The van der Waals surface area contributed by atoms with E-state index in [1.807, 2.05) is 25.1 Å². The number of amides is 2. The van der Waals surface area contributed by atoms with Gasteiger partial charge in [-0.05, 0) is 70.7 Å². The highest BCUT2D eigenvalue weighted by molar-refractivity contribution is 7.92. The Labute approximate surface area is 283 Å². The molecule has 0 spiro atoms. The summed E-state index contributed by atoms with van der Waals surface area (Å²) in [7, 11) is -4.05. The molecule has 1 aliphatic heterocycles. The second kappa shape index (κ2) is 15.0. The minimum absolute atomic E-state index is 0.00806. The molecule has 2 amide bonds. The number of nitrogens with zero attached hydrogens (tertiary/aromatic N) is 3. The molecule has 4 rings (SSSR count). The molecule has 48 heavy (non-hydrogen) atoms. The van der Waals surface area contributed by atoms with Crippen LogP contribution < -0.4 is 10.0 Å². The number of aliphatic hydroxyl groups is 1. The number of nitrogens with one attached hydrogen (secondary N) is 2. The predicted octanol–water partition coefficient (Wildman–Crippen LogP) is 5.26. The first-order valence-electron chi connectivity index (χ1n) is 16.2. The maximum absolute atomic E-state index is 13.9. The van der Waals surface area contributed by atoms with Crippen LogP contribution in [0.15, 0.2) is 56.9 Å². The zero-order valence-corrected chi connectivity index (χ0v) is 29.7. The summed E-state index contributed by atoms with van der Waals surface area (Å²) >= 11 is 0. The fourth-order valence-electron chi connectivity index (χ4n) is 5.47. The third-order valence-corrected chi connectivity index (χ3v) is 9.59. The smallest absolute Gasteiger partial charge is 0.263 e. The van der Waals surface area contributed by atoms with Crippen molar-refractivity contribution in [3.8, 4) is 11.1 Å². The summed E-state index contributed by atoms with van der Waals surface area (Å²) in [5, 5.41) is 16.7. The molecule has 13 heteroatoms. The van der Waals surface area contributed by atoms with Crippen molar-refractivity contribution in [2.75, 3.05) is 17.9 Å². The fourth-order valence-corrected chi connectivity index (χ4v) is 6.75. The number of sulfonamides is 1. The van der Waals surface area contributed by atoms with E-state index in [1.54, 1.807) is 63.8 Å². The number of carbonyl (C=O) groups is 2. The van der Waals surface area contributed by atoms with Crippen LogP contribution in [0.5, 0.6) is 0 Å². The lowest BCUT2D eigenvalue weighted by Gasteiger charge is -2.25. The van der Waals surface area contributed by atoms with Crippen molar-refractivity contribution in [2.45, 2.75) is 103 Å². The van der Waals surface area contributed by atoms with E-state index in [2.05, 4.69) is 22.1 Å². The molecule has 0 saturated carbocycles. The number of aromatic nitrogens is 1. The molecule has 0 fully saturated rings. The molecule has 3 N–H and O–H groups in total. The first-order chi connectivity index (χ1) is 22.6. The lowest BCUT2D eigenvalue weighted by atomic mass is 9.97. The van der Waals surface area contributed by atoms with Gasteiger partial charge in [-0.3, -0.25) is 24.2 Å². The number of rotatable bonds is 16. The third kappa shape index (κ3) is 8.69. The highest BCUT2D eigenvalue weighted by atomic mass is 32.2. The third-order valence-electron chi connectivity index (χ3n) is 8.20. The highest BCUT2D eigenvalue weighted by Gasteiger charge is 2.44. The Morgan fingerprint density at radius 3 is 2.50 bits per heavy atom. The van der Waals surface area contributed by atoms with Crippen molar-refractivity contribution < 1.29 is 32.4 Å². The summed E-state index contributed by atoms with van der Waals surface area (Å²) in [5.74, 6) is 0.712. The minimum atomic E-state index is -4.05. The van der Waals surface area contributed by atoms with Gasteiger partial charge >= 0.3 is 0 Å². The summed E-state index contributed by atoms with van der Waals surface area (Å²) in [5.41, 5.74) is 0.971. The number of benzene rings is 2. The van der Waals surface area contributed by atoms with Gasteiger partial charge in [0.25, 0.3) is 15.9 Å². The van der Waals surface area contributed by atoms with Gasteiger partial charge in [0, 0.05) is 24.2 Å². The minimum Gasteiger partial charge on any atom is -0.390 e. The van der Waals surface area contributed by atoms with Crippen LogP contribution in [0.2, 0.25) is 0 Å². The summed E-state index contributed by atoms with van der Waals surface area (Å²) in [4.78, 5) is 32.9. The van der Waals surface area contributed by atoms with Crippen molar-refractivity contribution in [2.24, 2.45) is 4.99 Å². The average Bonchev–Trinajstić information content (AvgIpc) is 3.46. The average molecular weight is 682 g/mol. The number of anilines is 1. The standard InChI is InChI=1S/C35H47N5O7S/c1-8-10-15-30-37-35(7,22-36-31(41)19-34(5,6)43)33(42)40(30)20-25-16-17-27(26(18-25)21-46-9-2)28-13-11-12-14-29(28)48(44,45)39-32-23(3)24(4)47-38-32/h11-14,16-18,43H,8-10,15,19-22H2,1-7H3,(H,36,41)(H,38,39)/t35-/m0/s1. The molecule has 1 atom stereocenters. The zero-order chi connectivity index (χ0) is 35.3. The van der Waals surface area contributed by atoms with E-state index < -0.39 is 21.2 Å². The van der Waals surface area contributed by atoms with Crippen molar-refractivity contribution in [3.05, 3.63) is 64.9 Å². The van der Waals surface area contributed by atoms with Crippen LogP contribution >= 0.6 is 0 Å². The van der Waals surface area contributed by atoms with E-state index in [0.29, 0.717) is 41.3 Å². The molecule has 3 aromatic rings. The maximum Gasteiger partial charge on any atom is 0.263 e. The second-order valence-electron chi connectivity index (χ2n) is 13.0. The fraction of sp³-hybridized carbons (Fsp3) is 0.486. The van der Waals surface area contributed by atoms with Gasteiger partial charge in [0.05, 0.1) is 36.6 Å². The van der Waals surface area contributed by atoms with Crippen LogP contribution in [0.25, 0.3) is 11.1 Å². The SMILES string of the molecule is CCCCC1=N[C@@](C)(CNC(=O)CC(C)(C)O)C(=O)N1Cc1ccc(-c2ccccc2S(=O)(=O)Nc2noc(C)c2C)c(COCC)c1. The van der Waals surface area contributed by atoms with Gasteiger partial charge in [-0.25, -0.2) is 8.42 Å². The van der Waals surface area contributed by atoms with E-state index in [1.165, 1.54) is 0 Å². The second-order valence-corrected chi connectivity index (χ2v) is 14.7. The Kier molecular flexibility index (Phi) is 11.5. The van der Waals surface area contributed by atoms with Crippen LogP contribution in [0.3, 0.4) is 0 Å². The van der Waals surface area contributed by atoms with Crippen LogP contribution in [-0.4, -0.2) is 65.5 Å². The number of hydrogen-bond acceptors (Lipinski definition) is 9. The summed E-state index contributed by atoms with van der Waals surface area (Å²) in [6.07, 6.45) is 2.26. The number of hydrogen-bond donors (Lipinski definition) is 3. The molecule has 0 radical (unpaired) electrons. The number of carbonyl (C=O) groups excluding carboxylic acids is 2. The molecule has 12 nitrogen and oxygen atoms in total. The van der Waals surface area contributed by atoms with Crippen LogP contribution in [0.4, 0.5) is 5.82 Å². The first-order valence-corrected chi connectivity index (χ1v) is 17.7. The molecular formula is C35H47N5O7S. The summed E-state index contributed by atoms with van der Waals surface area (Å²) in [6.45, 7) is 13.1. The predicted molar refractivity (Wildman–Crippen MR) is 184 cm³/mol. The quantitative estimate of drug-likeness (QED) is 0.184. The van der Waals surface area contributed by atoms with E-state index >= 15 is 0 Å². The van der Waals surface area contributed by atoms with Crippen molar-refractivity contribution in [1.29, 1.82) is 0 Å². The molecule has 0 saturated heterocycles. The van der Waals surface area contributed by atoms with E-state index in [4.69, 9.17) is 14.3 Å². The number of unbranched alkanes of at least 4 members (excludes halogenated alkanes) is 1. The zero-order valence-electron chi connectivity index (χ0n) is 28.8. The van der Waals surface area contributed by atoms with Crippen LogP contribution in [-0.2, 0) is 37.5 Å². The Balaban J connectivity index is 1.65. The monoisotopic (exact) mass is 681 g/mol. The van der Waals surface area contributed by atoms with Crippen molar-refractivity contribution in [3.63, 3.8) is 0 Å². The summed E-state index contributed by atoms with van der Waals surface area (Å²) < 4.78 is 40.8. The highest BCUT2D eigenvalue weighted by Crippen LogP contribution is 2.34. The Morgan fingerprint density at radius 1 is 1.12 bits per heavy atom. The molecule has 260 valence electrons. The van der Waals surface area contributed by atoms with Crippen LogP contribution in [0.1, 0.15) is 82.8 Å². The number of amidine groups is 1. The number of aryl methyl sites for hydroxylation is 1. The van der Waals surface area contributed by atoms with Crippen molar-refractivity contribution in [1.82, 2.24) is 15.4 Å². The van der Waals surface area contributed by atoms with E-state index in [-0.39, 0.29) is 48.6 Å². The van der Waals surface area contributed by atoms with Gasteiger partial charge in [0.1, 0.15) is 11.6 Å². The molecule has 2 heterocycles. The van der Waals surface area contributed by atoms with E-state index in [0.717, 1.165) is 24.0 Å². The maximum atomic E-state index is 13.9. The van der Waals surface area contributed by atoms with Gasteiger partial charge in [-0.1, -0.05) is 54.9 Å². The Hall–Kier alpha value is -4.07. The van der Waals surface area contributed by atoms with Crippen LogP contribution in [0, 0.1) is 13.8 Å². The topological polar surface area (TPSA) is 163 Å². The molecule has 0 aliphatic carbocycles. The van der Waals surface area contributed by atoms with Crippen molar-refractivity contribution >= 4 is 33.5 Å². The van der Waals surface area contributed by atoms with Gasteiger partial charge in [0.2, 0.25) is 5.91 Å². The van der Waals surface area contributed by atoms with Gasteiger partial charge in [0.15, 0.2) is 11.4 Å². The molecular weight excluding hydrogens is 634 g/mol. The molecule has 0 bridgehead atoms. The number of aliphatic imine (C=N–C) groups is 1. The lowest BCUT2D eigenvalue weighted by Crippen LogP contribution is -2.48. The number of ether oxygens (including phenoxy) is 1.